The molecule has 6 nitrogen and oxygen atoms in total. The molecule has 29 heavy (non-hydrogen) atoms. The summed E-state index contributed by atoms with van der Waals surface area (Å²) in [5.41, 5.74) is 5.43. The van der Waals surface area contributed by atoms with Crippen LogP contribution in [0.2, 0.25) is 0 Å². The van der Waals surface area contributed by atoms with Crippen molar-refractivity contribution < 1.29 is 19.1 Å². The van der Waals surface area contributed by atoms with Gasteiger partial charge in [-0.05, 0) is 78.4 Å². The number of benzene rings is 2. The molecule has 0 spiro atoms. The fourth-order valence-electron chi connectivity index (χ4n) is 2.34. The molecule has 1 amide bonds. The molecule has 1 aromatic heterocycles. The largest absolute Gasteiger partial charge is 0.484 e. The highest BCUT2D eigenvalue weighted by Crippen LogP contribution is 2.17. The van der Waals surface area contributed by atoms with E-state index in [1.54, 1.807) is 36.4 Å². The van der Waals surface area contributed by atoms with Crippen molar-refractivity contribution in [2.75, 3.05) is 6.61 Å². The fraction of sp³-hybridized carbons (Fsp3) is 0.136. The summed E-state index contributed by atoms with van der Waals surface area (Å²) in [6.07, 6.45) is 1.50. The van der Waals surface area contributed by atoms with Crippen LogP contribution in [-0.4, -0.2) is 24.7 Å². The number of hydrogen-bond acceptors (Lipinski definition) is 6. The van der Waals surface area contributed by atoms with Crippen LogP contribution in [0.25, 0.3) is 0 Å². The van der Waals surface area contributed by atoms with Gasteiger partial charge in [-0.3, -0.25) is 4.79 Å². The van der Waals surface area contributed by atoms with Gasteiger partial charge in [-0.15, -0.1) is 11.3 Å². The molecule has 0 aliphatic carbocycles. The second-order valence-electron chi connectivity index (χ2n) is 6.26. The Hall–Kier alpha value is -3.45. The number of rotatable bonds is 7. The van der Waals surface area contributed by atoms with Crippen molar-refractivity contribution in [3.8, 4) is 11.5 Å². The smallest absolute Gasteiger partial charge is 0.353 e. The highest BCUT2D eigenvalue weighted by atomic mass is 32.1. The molecule has 1 heterocycles. The van der Waals surface area contributed by atoms with Crippen molar-refractivity contribution in [1.29, 1.82) is 0 Å². The second kappa shape index (κ2) is 9.66. The first-order chi connectivity index (χ1) is 14.0. The molecule has 2 aromatic carbocycles. The molecule has 3 aromatic rings. The normalized spacial score (nSPS) is 10.7. The number of amides is 1. The summed E-state index contributed by atoms with van der Waals surface area (Å²) in [7, 11) is 0. The molecular weight excluding hydrogens is 388 g/mol. The molecule has 0 aliphatic rings. The maximum absolute atomic E-state index is 11.9. The first-order valence-corrected chi connectivity index (χ1v) is 9.77. The van der Waals surface area contributed by atoms with Gasteiger partial charge in [0.25, 0.3) is 5.91 Å². The molecule has 1 N–H and O–H groups in total. The third-order valence-corrected chi connectivity index (χ3v) is 4.91. The lowest BCUT2D eigenvalue weighted by Crippen LogP contribution is -2.24. The van der Waals surface area contributed by atoms with E-state index in [-0.39, 0.29) is 12.5 Å². The zero-order valence-corrected chi connectivity index (χ0v) is 16.9. The van der Waals surface area contributed by atoms with E-state index in [4.69, 9.17) is 9.47 Å². The van der Waals surface area contributed by atoms with Gasteiger partial charge in [0.15, 0.2) is 6.61 Å². The number of hydrogen-bond donors (Lipinski definition) is 1. The van der Waals surface area contributed by atoms with Crippen LogP contribution in [-0.2, 0) is 4.79 Å². The zero-order valence-electron chi connectivity index (χ0n) is 16.0. The van der Waals surface area contributed by atoms with E-state index in [0.717, 1.165) is 11.1 Å². The lowest BCUT2D eigenvalue weighted by molar-refractivity contribution is -0.123. The Bertz CT molecular complexity index is 1010. The summed E-state index contributed by atoms with van der Waals surface area (Å²) in [6, 6.07) is 16.0. The van der Waals surface area contributed by atoms with Crippen LogP contribution >= 0.6 is 11.3 Å². The maximum atomic E-state index is 11.9. The van der Waals surface area contributed by atoms with Gasteiger partial charge in [-0.25, -0.2) is 10.2 Å². The fourth-order valence-corrected chi connectivity index (χ4v) is 2.94. The van der Waals surface area contributed by atoms with Gasteiger partial charge < -0.3 is 9.47 Å². The summed E-state index contributed by atoms with van der Waals surface area (Å²) in [5, 5.41) is 5.72. The van der Waals surface area contributed by atoms with Gasteiger partial charge >= 0.3 is 5.97 Å². The predicted octanol–water partition coefficient (Wildman–Crippen LogP) is 4.11. The van der Waals surface area contributed by atoms with Crippen LogP contribution in [0.15, 0.2) is 65.1 Å². The molecule has 0 atom stereocenters. The summed E-state index contributed by atoms with van der Waals surface area (Å²) >= 11 is 1.32. The minimum absolute atomic E-state index is 0.128. The molecule has 0 unspecified atom stereocenters. The van der Waals surface area contributed by atoms with Gasteiger partial charge in [-0.1, -0.05) is 12.1 Å². The van der Waals surface area contributed by atoms with E-state index in [1.807, 2.05) is 37.4 Å². The molecule has 0 bridgehead atoms. The predicted molar refractivity (Wildman–Crippen MR) is 113 cm³/mol. The van der Waals surface area contributed by atoms with Crippen LogP contribution in [0.3, 0.4) is 0 Å². The number of nitrogens with one attached hydrogen (secondary N) is 1. The molecule has 3 rings (SSSR count). The molecule has 0 fully saturated rings. The van der Waals surface area contributed by atoms with Crippen LogP contribution in [0, 0.1) is 13.8 Å². The van der Waals surface area contributed by atoms with Gasteiger partial charge in [0, 0.05) is 0 Å². The highest BCUT2D eigenvalue weighted by Gasteiger charge is 2.09. The number of aryl methyl sites for hydroxylation is 2. The monoisotopic (exact) mass is 408 g/mol. The van der Waals surface area contributed by atoms with Crippen molar-refractivity contribution in [3.63, 3.8) is 0 Å². The number of thiophene rings is 1. The van der Waals surface area contributed by atoms with E-state index >= 15 is 0 Å². The van der Waals surface area contributed by atoms with E-state index in [9.17, 15) is 9.59 Å². The Labute approximate surface area is 172 Å². The number of nitrogens with zero attached hydrogens (tertiary/aromatic N) is 1. The standard InChI is InChI=1S/C22H20N2O4S/c1-15-5-8-19(12-16(15)2)27-14-21(25)24-23-13-17-6-9-18(10-7-17)28-22(26)20-4-3-11-29-20/h3-13H,14H2,1-2H3,(H,24,25)/b23-13+. The summed E-state index contributed by atoms with van der Waals surface area (Å²) in [5.74, 6) is 0.324. The zero-order chi connectivity index (χ0) is 20.6. The minimum atomic E-state index is -0.391. The molecule has 148 valence electrons. The average molecular weight is 408 g/mol. The third-order valence-electron chi connectivity index (χ3n) is 4.06. The maximum Gasteiger partial charge on any atom is 0.353 e. The van der Waals surface area contributed by atoms with Crippen molar-refractivity contribution >= 4 is 29.4 Å². The second-order valence-corrected chi connectivity index (χ2v) is 7.21. The van der Waals surface area contributed by atoms with E-state index in [1.165, 1.54) is 23.1 Å². The lowest BCUT2D eigenvalue weighted by atomic mass is 10.1. The average Bonchev–Trinajstić information content (AvgIpc) is 3.25. The summed E-state index contributed by atoms with van der Waals surface area (Å²) in [6.45, 7) is 3.87. The van der Waals surface area contributed by atoms with E-state index in [0.29, 0.717) is 16.4 Å². The van der Waals surface area contributed by atoms with Gasteiger partial charge in [0.2, 0.25) is 0 Å². The molecular formula is C22H20N2O4S. The highest BCUT2D eigenvalue weighted by molar-refractivity contribution is 7.12. The quantitative estimate of drug-likeness (QED) is 0.276. The Morgan fingerprint density at radius 1 is 1.03 bits per heavy atom. The Morgan fingerprint density at radius 3 is 2.48 bits per heavy atom. The lowest BCUT2D eigenvalue weighted by Gasteiger charge is -2.07. The minimum Gasteiger partial charge on any atom is -0.484 e. The topological polar surface area (TPSA) is 77.0 Å². The number of carbonyl (C=O) groups is 2. The van der Waals surface area contributed by atoms with E-state index < -0.39 is 5.97 Å². The van der Waals surface area contributed by atoms with Crippen LogP contribution < -0.4 is 14.9 Å². The van der Waals surface area contributed by atoms with Crippen LogP contribution in [0.5, 0.6) is 11.5 Å². The summed E-state index contributed by atoms with van der Waals surface area (Å²) in [4.78, 5) is 24.3. The third kappa shape index (κ3) is 6.02. The van der Waals surface area contributed by atoms with Crippen LogP contribution in [0.1, 0.15) is 26.4 Å². The van der Waals surface area contributed by atoms with Crippen LogP contribution in [0.4, 0.5) is 0 Å². The van der Waals surface area contributed by atoms with Gasteiger partial charge in [-0.2, -0.15) is 5.10 Å². The van der Waals surface area contributed by atoms with Gasteiger partial charge in [0.05, 0.1) is 6.21 Å². The van der Waals surface area contributed by atoms with Crippen molar-refractivity contribution in [1.82, 2.24) is 5.43 Å². The SMILES string of the molecule is Cc1ccc(OCC(=O)N/N=C/c2ccc(OC(=O)c3cccs3)cc2)cc1C. The number of ether oxygens (including phenoxy) is 2. The Kier molecular flexibility index (Phi) is 6.76. The number of esters is 1. The van der Waals surface area contributed by atoms with Crippen molar-refractivity contribution in [3.05, 3.63) is 81.5 Å². The van der Waals surface area contributed by atoms with Crippen molar-refractivity contribution in [2.24, 2.45) is 5.10 Å². The first-order valence-electron chi connectivity index (χ1n) is 8.89. The molecule has 0 saturated heterocycles. The first kappa shape index (κ1) is 20.3. The molecule has 0 aliphatic heterocycles. The van der Waals surface area contributed by atoms with E-state index in [2.05, 4.69) is 10.5 Å². The molecule has 0 saturated carbocycles. The molecule has 7 heteroatoms. The number of carbonyl (C=O) groups excluding carboxylic acids is 2. The molecule has 0 radical (unpaired) electrons. The number of hydrazone groups is 1. The Balaban J connectivity index is 1.45. The Morgan fingerprint density at radius 2 is 1.79 bits per heavy atom. The van der Waals surface area contributed by atoms with Crippen molar-refractivity contribution in [2.45, 2.75) is 13.8 Å². The van der Waals surface area contributed by atoms with Gasteiger partial charge in [0.1, 0.15) is 16.4 Å². The summed E-state index contributed by atoms with van der Waals surface area (Å²) < 4.78 is 10.7.